The van der Waals surface area contributed by atoms with Gasteiger partial charge in [0.15, 0.2) is 11.6 Å². The number of carbonyl (C=O) groups excluding carboxylic acids is 2. The van der Waals surface area contributed by atoms with Crippen molar-refractivity contribution in [3.8, 4) is 0 Å². The van der Waals surface area contributed by atoms with Crippen molar-refractivity contribution in [2.24, 2.45) is 0 Å². The molecule has 4 heteroatoms. The van der Waals surface area contributed by atoms with Gasteiger partial charge in [-0.1, -0.05) is 70.4 Å². The van der Waals surface area contributed by atoms with Gasteiger partial charge in [-0.05, 0) is 32.1 Å². The van der Waals surface area contributed by atoms with Crippen molar-refractivity contribution < 1.29 is 19.8 Å². The normalized spacial score (nSPS) is 12.0. The van der Waals surface area contributed by atoms with E-state index in [1.807, 2.05) is 0 Å². The van der Waals surface area contributed by atoms with Crippen LogP contribution in [0, 0.1) is 0 Å². The lowest BCUT2D eigenvalue weighted by molar-refractivity contribution is -0.187. The SMILES string of the molecule is CCCCCCCC/C=C\CCCCCCCC(=O)C(O)(O)C(C)=O. The first kappa shape index (κ1) is 24.0. The predicted molar refractivity (Wildman–Crippen MR) is 102 cm³/mol. The Hall–Kier alpha value is -1.00. The van der Waals surface area contributed by atoms with Crippen LogP contribution in [0.25, 0.3) is 0 Å². The van der Waals surface area contributed by atoms with Crippen LogP contribution in [0.15, 0.2) is 12.2 Å². The number of hydrogen-bond acceptors (Lipinski definition) is 4. The van der Waals surface area contributed by atoms with Crippen molar-refractivity contribution in [2.75, 3.05) is 0 Å². The maximum Gasteiger partial charge on any atom is 0.285 e. The van der Waals surface area contributed by atoms with Gasteiger partial charge in [-0.15, -0.1) is 0 Å². The number of Topliss-reactive ketones (excluding diaryl/α,β-unsaturated/α-hetero) is 2. The summed E-state index contributed by atoms with van der Waals surface area (Å²) in [6.45, 7) is 3.25. The summed E-state index contributed by atoms with van der Waals surface area (Å²) in [5, 5.41) is 18.6. The van der Waals surface area contributed by atoms with Crippen LogP contribution in [0.3, 0.4) is 0 Å². The molecule has 0 aromatic carbocycles. The van der Waals surface area contributed by atoms with E-state index in [4.69, 9.17) is 0 Å². The molecule has 0 aliphatic carbocycles. The second-order valence-corrected chi connectivity index (χ2v) is 6.99. The van der Waals surface area contributed by atoms with Crippen molar-refractivity contribution in [2.45, 2.75) is 110 Å². The molecular formula is C21H38O4. The summed E-state index contributed by atoms with van der Waals surface area (Å²) in [7, 11) is 0. The molecule has 0 radical (unpaired) electrons. The van der Waals surface area contributed by atoms with Gasteiger partial charge in [0, 0.05) is 13.3 Å². The summed E-state index contributed by atoms with van der Waals surface area (Å²) < 4.78 is 0. The molecule has 0 heterocycles. The fraction of sp³-hybridized carbons (Fsp3) is 0.810. The highest BCUT2D eigenvalue weighted by Gasteiger charge is 2.37. The van der Waals surface area contributed by atoms with Crippen LogP contribution in [0.5, 0.6) is 0 Å². The quantitative estimate of drug-likeness (QED) is 0.169. The molecule has 4 nitrogen and oxygen atoms in total. The summed E-state index contributed by atoms with van der Waals surface area (Å²) >= 11 is 0. The summed E-state index contributed by atoms with van der Waals surface area (Å²) in [5.41, 5.74) is 0. The van der Waals surface area contributed by atoms with Gasteiger partial charge in [-0.3, -0.25) is 9.59 Å². The molecular weight excluding hydrogens is 316 g/mol. The van der Waals surface area contributed by atoms with Crippen molar-refractivity contribution in [3.63, 3.8) is 0 Å². The topological polar surface area (TPSA) is 74.6 Å². The van der Waals surface area contributed by atoms with Gasteiger partial charge in [0.2, 0.25) is 0 Å². The summed E-state index contributed by atoms with van der Waals surface area (Å²) in [6.07, 6.45) is 19.7. The van der Waals surface area contributed by atoms with Crippen LogP contribution in [-0.2, 0) is 9.59 Å². The van der Waals surface area contributed by atoms with E-state index < -0.39 is 17.4 Å². The van der Waals surface area contributed by atoms with Crippen LogP contribution in [-0.4, -0.2) is 27.6 Å². The summed E-state index contributed by atoms with van der Waals surface area (Å²) in [4.78, 5) is 22.5. The molecule has 0 atom stereocenters. The number of rotatable bonds is 17. The Balaban J connectivity index is 3.40. The smallest absolute Gasteiger partial charge is 0.285 e. The van der Waals surface area contributed by atoms with E-state index >= 15 is 0 Å². The second kappa shape index (κ2) is 15.3. The predicted octanol–water partition coefficient (Wildman–Crippen LogP) is 4.86. The number of carbonyl (C=O) groups is 2. The van der Waals surface area contributed by atoms with E-state index in [1.165, 1.54) is 44.9 Å². The molecule has 0 spiro atoms. The zero-order chi connectivity index (χ0) is 19.0. The van der Waals surface area contributed by atoms with Crippen LogP contribution in [0.2, 0.25) is 0 Å². The Morgan fingerprint density at radius 1 is 0.760 bits per heavy atom. The van der Waals surface area contributed by atoms with E-state index in [0.29, 0.717) is 6.42 Å². The molecule has 0 unspecified atom stereocenters. The fourth-order valence-electron chi connectivity index (χ4n) is 2.73. The molecule has 25 heavy (non-hydrogen) atoms. The molecule has 0 aliphatic rings. The van der Waals surface area contributed by atoms with Crippen molar-refractivity contribution in [1.82, 2.24) is 0 Å². The van der Waals surface area contributed by atoms with Crippen LogP contribution in [0.1, 0.15) is 104 Å². The monoisotopic (exact) mass is 354 g/mol. The molecule has 146 valence electrons. The molecule has 0 aliphatic heterocycles. The highest BCUT2D eigenvalue weighted by atomic mass is 16.5. The Bertz CT molecular complexity index is 385. The molecule has 0 aromatic heterocycles. The third-order valence-corrected chi connectivity index (χ3v) is 4.55. The fourth-order valence-corrected chi connectivity index (χ4v) is 2.73. The first-order valence-corrected chi connectivity index (χ1v) is 10.1. The van der Waals surface area contributed by atoms with E-state index in [9.17, 15) is 19.8 Å². The van der Waals surface area contributed by atoms with Gasteiger partial charge in [0.1, 0.15) is 0 Å². The van der Waals surface area contributed by atoms with Gasteiger partial charge in [0.25, 0.3) is 5.79 Å². The van der Waals surface area contributed by atoms with Gasteiger partial charge >= 0.3 is 0 Å². The number of ketones is 2. The summed E-state index contributed by atoms with van der Waals surface area (Å²) in [6, 6.07) is 0. The molecule has 0 rings (SSSR count). The van der Waals surface area contributed by atoms with Gasteiger partial charge in [-0.2, -0.15) is 0 Å². The minimum absolute atomic E-state index is 0.0464. The van der Waals surface area contributed by atoms with Crippen LogP contribution in [0.4, 0.5) is 0 Å². The van der Waals surface area contributed by atoms with Crippen LogP contribution >= 0.6 is 0 Å². The third kappa shape index (κ3) is 12.9. The molecule has 0 aromatic rings. The van der Waals surface area contributed by atoms with Crippen LogP contribution < -0.4 is 0 Å². The first-order valence-electron chi connectivity index (χ1n) is 10.1. The zero-order valence-corrected chi connectivity index (χ0v) is 16.3. The molecule has 0 saturated heterocycles. The molecule has 0 amide bonds. The maximum atomic E-state index is 11.5. The van der Waals surface area contributed by atoms with Gasteiger partial charge in [0.05, 0.1) is 0 Å². The number of aliphatic hydroxyl groups is 2. The Labute approximate surface area is 153 Å². The van der Waals surface area contributed by atoms with E-state index in [-0.39, 0.29) is 6.42 Å². The van der Waals surface area contributed by atoms with Crippen molar-refractivity contribution >= 4 is 11.6 Å². The van der Waals surface area contributed by atoms with E-state index in [0.717, 1.165) is 39.0 Å². The lowest BCUT2D eigenvalue weighted by Gasteiger charge is -2.16. The Morgan fingerprint density at radius 3 is 1.68 bits per heavy atom. The number of hydrogen-bond donors (Lipinski definition) is 2. The molecule has 0 fully saturated rings. The standard InChI is InChI=1S/C21H38O4/c1-3-4-5-6-7-8-9-10-11-12-13-14-15-16-17-18-20(23)21(24,25)19(2)22/h10-11,24-25H,3-9,12-18H2,1-2H3/b11-10-. The highest BCUT2D eigenvalue weighted by Crippen LogP contribution is 2.13. The average Bonchev–Trinajstić information content (AvgIpc) is 2.57. The third-order valence-electron chi connectivity index (χ3n) is 4.55. The second-order valence-electron chi connectivity index (χ2n) is 6.99. The van der Waals surface area contributed by atoms with E-state index in [2.05, 4.69) is 19.1 Å². The van der Waals surface area contributed by atoms with E-state index in [1.54, 1.807) is 0 Å². The maximum absolute atomic E-state index is 11.5. The lowest BCUT2D eigenvalue weighted by Crippen LogP contribution is -2.45. The largest absolute Gasteiger partial charge is 0.354 e. The lowest BCUT2D eigenvalue weighted by atomic mass is 10.0. The first-order chi connectivity index (χ1) is 11.9. The van der Waals surface area contributed by atoms with Gasteiger partial charge < -0.3 is 10.2 Å². The number of unbranched alkanes of at least 4 members (excludes halogenated alkanes) is 11. The Kier molecular flexibility index (Phi) is 14.7. The molecule has 2 N–H and O–H groups in total. The highest BCUT2D eigenvalue weighted by molar-refractivity contribution is 6.07. The minimum Gasteiger partial charge on any atom is -0.354 e. The van der Waals surface area contributed by atoms with Crippen molar-refractivity contribution in [1.29, 1.82) is 0 Å². The Morgan fingerprint density at radius 2 is 1.20 bits per heavy atom. The van der Waals surface area contributed by atoms with Crippen molar-refractivity contribution in [3.05, 3.63) is 12.2 Å². The minimum atomic E-state index is -2.79. The molecule has 0 saturated carbocycles. The summed E-state index contributed by atoms with van der Waals surface area (Å²) in [5.74, 6) is -4.50. The number of allylic oxidation sites excluding steroid dienone is 2. The zero-order valence-electron chi connectivity index (χ0n) is 16.3. The molecule has 0 bridgehead atoms. The average molecular weight is 355 g/mol. The van der Waals surface area contributed by atoms with Gasteiger partial charge in [-0.25, -0.2) is 0 Å².